The summed E-state index contributed by atoms with van der Waals surface area (Å²) in [6.07, 6.45) is 11.6. The van der Waals surface area contributed by atoms with Crippen molar-refractivity contribution in [2.24, 2.45) is 22.4 Å². The third kappa shape index (κ3) is 12.3. The van der Waals surface area contributed by atoms with Gasteiger partial charge in [0.2, 0.25) is 0 Å². The Morgan fingerprint density at radius 3 is 2.59 bits per heavy atom. The number of nitrogens with one attached hydrogen (secondary N) is 1. The number of carboxylic acids is 1. The Morgan fingerprint density at radius 2 is 1.97 bits per heavy atom. The summed E-state index contributed by atoms with van der Waals surface area (Å²) in [6, 6.07) is 6.46. The number of aromatic amines is 1. The van der Waals surface area contributed by atoms with Crippen molar-refractivity contribution in [1.82, 2.24) is 9.97 Å². The van der Waals surface area contributed by atoms with Crippen molar-refractivity contribution >= 4 is 17.7 Å². The number of aliphatic hydroxyl groups is 1. The molecular formula is C27H40N6O4-2. The van der Waals surface area contributed by atoms with E-state index < -0.39 is 12.0 Å². The lowest BCUT2D eigenvalue weighted by molar-refractivity contribution is -0.275. The Bertz CT molecular complexity index is 971. The summed E-state index contributed by atoms with van der Waals surface area (Å²) < 4.78 is 0. The highest BCUT2D eigenvalue weighted by molar-refractivity contribution is 5.81. The molecule has 0 radical (unpaired) electrons. The molecule has 3 unspecified atom stereocenters. The molecule has 0 aliphatic rings. The second-order valence-corrected chi connectivity index (χ2v) is 9.38. The number of rotatable bonds is 18. The van der Waals surface area contributed by atoms with Gasteiger partial charge < -0.3 is 37.1 Å². The highest BCUT2D eigenvalue weighted by atomic mass is 16.4. The van der Waals surface area contributed by atoms with Crippen LogP contribution in [0.5, 0.6) is 5.88 Å². The minimum Gasteiger partial charge on any atom is -0.859 e. The molecule has 2 aromatic rings. The molecule has 0 saturated heterocycles. The Morgan fingerprint density at radius 1 is 1.19 bits per heavy atom. The van der Waals surface area contributed by atoms with E-state index in [0.717, 1.165) is 63.0 Å². The lowest BCUT2D eigenvalue weighted by Crippen LogP contribution is -2.24. The van der Waals surface area contributed by atoms with Crippen molar-refractivity contribution in [3.8, 4) is 5.88 Å². The van der Waals surface area contributed by atoms with Gasteiger partial charge in [0.15, 0.2) is 5.96 Å². The van der Waals surface area contributed by atoms with Crippen molar-refractivity contribution in [2.75, 3.05) is 6.54 Å². The van der Waals surface area contributed by atoms with Gasteiger partial charge in [-0.05, 0) is 61.1 Å². The van der Waals surface area contributed by atoms with Gasteiger partial charge >= 0.3 is 5.97 Å². The molecule has 2 rings (SSSR count). The number of hydrogen-bond donors (Lipinski definition) is 5. The molecule has 0 aromatic carbocycles. The summed E-state index contributed by atoms with van der Waals surface area (Å²) in [4.78, 5) is 22.5. The van der Waals surface area contributed by atoms with E-state index in [0.29, 0.717) is 17.8 Å². The number of nitrogens with two attached hydrogens (primary N) is 2. The van der Waals surface area contributed by atoms with Crippen molar-refractivity contribution < 1.29 is 20.1 Å². The molecule has 0 aliphatic heterocycles. The zero-order chi connectivity index (χ0) is 27.0. The highest BCUT2D eigenvalue weighted by Gasteiger charge is 2.17. The monoisotopic (exact) mass is 512 g/mol. The van der Waals surface area contributed by atoms with Gasteiger partial charge in [-0.2, -0.15) is 0 Å². The second kappa shape index (κ2) is 16.3. The molecule has 0 bridgehead atoms. The molecule has 37 heavy (non-hydrogen) atoms. The third-order valence-electron chi connectivity index (χ3n) is 6.27. The lowest BCUT2D eigenvalue weighted by Gasteiger charge is -2.29. The number of nitrogens with zero attached hydrogens (tertiary/aromatic N) is 3. The van der Waals surface area contributed by atoms with Crippen LogP contribution in [0, 0.1) is 5.92 Å². The topological polar surface area (TPSA) is 188 Å². The second-order valence-electron chi connectivity index (χ2n) is 9.38. The van der Waals surface area contributed by atoms with Crippen LogP contribution in [0.3, 0.4) is 0 Å². The highest BCUT2D eigenvalue weighted by Crippen LogP contribution is 2.30. The van der Waals surface area contributed by atoms with E-state index in [1.165, 1.54) is 6.07 Å². The van der Waals surface area contributed by atoms with Crippen LogP contribution in [0.1, 0.15) is 63.9 Å². The fourth-order valence-corrected chi connectivity index (χ4v) is 4.32. The maximum absolute atomic E-state index is 11.6. The Hall–Kier alpha value is -3.53. The summed E-state index contributed by atoms with van der Waals surface area (Å²) in [5.41, 5.74) is 12.5. The Labute approximate surface area is 218 Å². The zero-order valence-corrected chi connectivity index (χ0v) is 21.6. The molecule has 0 aliphatic carbocycles. The van der Waals surface area contributed by atoms with Crippen molar-refractivity contribution in [3.05, 3.63) is 59.2 Å². The molecule has 10 heteroatoms. The lowest BCUT2D eigenvalue weighted by atomic mass is 9.87. The van der Waals surface area contributed by atoms with E-state index in [4.69, 9.17) is 16.8 Å². The van der Waals surface area contributed by atoms with E-state index >= 15 is 0 Å². The summed E-state index contributed by atoms with van der Waals surface area (Å²) >= 11 is 0. The number of aromatic nitrogens is 2. The first-order chi connectivity index (χ1) is 17.8. The third-order valence-corrected chi connectivity index (χ3v) is 6.27. The smallest absolute Gasteiger partial charge is 0.328 e. The molecule has 7 N–H and O–H groups in total. The van der Waals surface area contributed by atoms with Crippen LogP contribution >= 0.6 is 0 Å². The quantitative estimate of drug-likeness (QED) is 0.115. The molecule has 0 amide bonds. The summed E-state index contributed by atoms with van der Waals surface area (Å²) in [5.74, 6) is -0.616. The van der Waals surface area contributed by atoms with Crippen molar-refractivity contribution in [2.45, 2.75) is 76.9 Å². The number of guanidine groups is 1. The van der Waals surface area contributed by atoms with Crippen LogP contribution in [0.25, 0.3) is 5.32 Å². The summed E-state index contributed by atoms with van der Waals surface area (Å²) in [7, 11) is 0. The van der Waals surface area contributed by atoms with Gasteiger partial charge in [0, 0.05) is 12.3 Å². The number of carbonyl (C=O) groups is 1. The van der Waals surface area contributed by atoms with Gasteiger partial charge in [-0.25, -0.2) is 9.79 Å². The van der Waals surface area contributed by atoms with Crippen LogP contribution in [0.2, 0.25) is 0 Å². The summed E-state index contributed by atoms with van der Waals surface area (Å²) in [6.45, 7) is 2.14. The fraction of sp³-hybridized carbons (Fsp3) is 0.519. The number of carboxylic acid groups (broad SMARTS) is 1. The molecule has 10 nitrogen and oxygen atoms in total. The number of aliphatic hydroxyl groups excluding tert-OH is 1. The van der Waals surface area contributed by atoms with Gasteiger partial charge in [-0.3, -0.25) is 4.98 Å². The molecule has 0 fully saturated rings. The molecular weight excluding hydrogens is 472 g/mol. The van der Waals surface area contributed by atoms with Gasteiger partial charge in [-0.1, -0.05) is 68.9 Å². The predicted molar refractivity (Wildman–Crippen MR) is 143 cm³/mol. The van der Waals surface area contributed by atoms with E-state index in [1.54, 1.807) is 18.5 Å². The normalized spacial score (nSPS) is 14.1. The number of unbranched alkanes of at least 4 members (excludes halogenated alkanes) is 1. The first-order valence-electron chi connectivity index (χ1n) is 12.9. The Balaban J connectivity index is 2.17. The number of H-pyrrole nitrogens is 1. The SMILES string of the molecule is CCCCC(O)CCCC(CCC([N-]c1ccc[nH]1)C(=CC(=O)O)CN=C(N)N)Cc1ccc([O-])nc1. The van der Waals surface area contributed by atoms with E-state index in [2.05, 4.69) is 21.9 Å². The number of aliphatic carboxylic acids is 1. The predicted octanol–water partition coefficient (Wildman–Crippen LogP) is 3.50. The van der Waals surface area contributed by atoms with E-state index in [-0.39, 0.29) is 30.4 Å². The van der Waals surface area contributed by atoms with Crippen LogP contribution in [0.15, 0.2) is 53.3 Å². The molecule has 3 atom stereocenters. The zero-order valence-electron chi connectivity index (χ0n) is 21.6. The van der Waals surface area contributed by atoms with Gasteiger partial charge in [0.1, 0.15) is 0 Å². The van der Waals surface area contributed by atoms with E-state index in [1.807, 2.05) is 12.1 Å². The Kier molecular flexibility index (Phi) is 13.1. The first-order valence-corrected chi connectivity index (χ1v) is 12.9. The molecule has 204 valence electrons. The molecule has 2 heterocycles. The number of hydrogen-bond acceptors (Lipinski definition) is 5. The van der Waals surface area contributed by atoms with Gasteiger partial charge in [0.05, 0.1) is 12.6 Å². The van der Waals surface area contributed by atoms with Crippen molar-refractivity contribution in [1.29, 1.82) is 0 Å². The van der Waals surface area contributed by atoms with Crippen LogP contribution in [-0.2, 0) is 11.2 Å². The number of aliphatic imine (C=N–C) groups is 1. The van der Waals surface area contributed by atoms with E-state index in [9.17, 15) is 20.1 Å². The van der Waals surface area contributed by atoms with Crippen LogP contribution in [0.4, 0.5) is 5.82 Å². The first kappa shape index (κ1) is 29.7. The average Bonchev–Trinajstić information content (AvgIpc) is 3.37. The standard InChI is InChI=1S/C27H41N6O4/c1-2-3-7-22(34)8-4-6-19(15-20-11-13-25(35)31-17-20)10-12-23(33-24-9-5-14-30-24)21(16-26(36)37)18-32-27(28)29/h5,9,11,13-14,16-17,19,22-23,30,34H,2-4,6-8,10,12,15,18H2,1H3,(H,31,35)(H,36,37)(H4,28,29,32)/q-1/p-1. The van der Waals surface area contributed by atoms with Crippen LogP contribution in [-0.4, -0.2) is 50.8 Å². The summed E-state index contributed by atoms with van der Waals surface area (Å²) in [5, 5.41) is 35.9. The minimum absolute atomic E-state index is 0.0344. The largest absolute Gasteiger partial charge is 0.859 e. The average molecular weight is 513 g/mol. The van der Waals surface area contributed by atoms with Crippen LogP contribution < -0.4 is 16.6 Å². The fourth-order valence-electron chi connectivity index (χ4n) is 4.32. The molecule has 2 aromatic heterocycles. The number of pyridine rings is 1. The van der Waals surface area contributed by atoms with Gasteiger partial charge in [0.25, 0.3) is 0 Å². The minimum atomic E-state index is -1.09. The molecule has 0 spiro atoms. The van der Waals surface area contributed by atoms with Crippen molar-refractivity contribution in [3.63, 3.8) is 0 Å². The maximum atomic E-state index is 11.6. The van der Waals surface area contributed by atoms with Gasteiger partial charge in [-0.15, -0.1) is 0 Å². The molecule has 0 saturated carbocycles. The maximum Gasteiger partial charge on any atom is 0.328 e.